The molecule has 0 spiro atoms. The Kier molecular flexibility index (Phi) is 7.59. The fourth-order valence-electron chi connectivity index (χ4n) is 3.76. The minimum atomic E-state index is 0.0138. The number of likely N-dealkylation sites (tertiary alicyclic amines) is 1. The third-order valence-corrected chi connectivity index (χ3v) is 6.50. The molecule has 2 aliphatic rings. The highest BCUT2D eigenvalue weighted by Gasteiger charge is 2.25. The van der Waals surface area contributed by atoms with E-state index in [-0.39, 0.29) is 11.8 Å². The van der Waals surface area contributed by atoms with Crippen molar-refractivity contribution in [3.05, 3.63) is 22.6 Å². The van der Waals surface area contributed by atoms with Gasteiger partial charge >= 0.3 is 0 Å². The lowest BCUT2D eigenvalue weighted by Gasteiger charge is -2.28. The summed E-state index contributed by atoms with van der Waals surface area (Å²) in [5, 5.41) is 14.3. The molecule has 2 fully saturated rings. The molecule has 0 saturated carbocycles. The van der Waals surface area contributed by atoms with Crippen molar-refractivity contribution in [1.82, 2.24) is 30.0 Å². The summed E-state index contributed by atoms with van der Waals surface area (Å²) >= 11 is 3.50. The van der Waals surface area contributed by atoms with Gasteiger partial charge < -0.3 is 25.6 Å². The molecule has 2 aliphatic heterocycles. The van der Waals surface area contributed by atoms with Crippen molar-refractivity contribution in [3.63, 3.8) is 0 Å². The number of nitrogens with zero attached hydrogens (tertiary/aromatic N) is 5. The molecule has 2 aromatic rings. The molecular formula is C21H31BrN8O2. The molecule has 0 bridgehead atoms. The van der Waals surface area contributed by atoms with Gasteiger partial charge in [-0.05, 0) is 62.3 Å². The topological polar surface area (TPSA) is 109 Å². The van der Waals surface area contributed by atoms with Gasteiger partial charge in [0.05, 0.1) is 41.0 Å². The summed E-state index contributed by atoms with van der Waals surface area (Å²) < 4.78 is 7.91. The van der Waals surface area contributed by atoms with E-state index in [0.29, 0.717) is 44.1 Å². The van der Waals surface area contributed by atoms with Gasteiger partial charge in [0.2, 0.25) is 11.9 Å². The smallest absolute Gasteiger partial charge is 0.229 e. The molecule has 0 radical (unpaired) electrons. The molecule has 0 aliphatic carbocycles. The number of aryl methyl sites for hydroxylation is 1. The van der Waals surface area contributed by atoms with Crippen LogP contribution in [-0.4, -0.2) is 77.0 Å². The Balaban J connectivity index is 1.29. The number of aromatic nitrogens is 4. The van der Waals surface area contributed by atoms with Crippen LogP contribution in [0.5, 0.6) is 0 Å². The number of nitrogens with one attached hydrogen (secondary N) is 3. The van der Waals surface area contributed by atoms with Crippen LogP contribution in [0.15, 0.2) is 16.9 Å². The van der Waals surface area contributed by atoms with Crippen LogP contribution in [0.3, 0.4) is 0 Å². The van der Waals surface area contributed by atoms with E-state index >= 15 is 0 Å². The quantitative estimate of drug-likeness (QED) is 0.444. The lowest BCUT2D eigenvalue weighted by Crippen LogP contribution is -2.42. The van der Waals surface area contributed by atoms with Gasteiger partial charge in [-0.2, -0.15) is 10.1 Å². The summed E-state index contributed by atoms with van der Waals surface area (Å²) in [6, 6.07) is 0.431. The second-order valence-electron chi connectivity index (χ2n) is 8.46. The SMILES string of the molecule is Cc1nn(C2CCN(C)CC2)cc1Nc1ncc(Br)c(NCCCNC(=O)C2COC2)n1. The van der Waals surface area contributed by atoms with Gasteiger partial charge in [-0.15, -0.1) is 0 Å². The van der Waals surface area contributed by atoms with Crippen molar-refractivity contribution in [2.75, 3.05) is 57.1 Å². The number of carbonyl (C=O) groups is 1. The molecule has 2 aromatic heterocycles. The van der Waals surface area contributed by atoms with Gasteiger partial charge in [-0.3, -0.25) is 9.48 Å². The highest BCUT2D eigenvalue weighted by atomic mass is 79.9. The van der Waals surface area contributed by atoms with Gasteiger partial charge in [-0.25, -0.2) is 4.98 Å². The van der Waals surface area contributed by atoms with Crippen LogP contribution < -0.4 is 16.0 Å². The summed E-state index contributed by atoms with van der Waals surface area (Å²) in [6.45, 7) is 6.55. The maximum atomic E-state index is 11.8. The zero-order chi connectivity index (χ0) is 22.5. The van der Waals surface area contributed by atoms with E-state index < -0.39 is 0 Å². The second-order valence-corrected chi connectivity index (χ2v) is 9.32. The van der Waals surface area contributed by atoms with Gasteiger partial charge in [-0.1, -0.05) is 0 Å². The fraction of sp³-hybridized carbons (Fsp3) is 0.619. The predicted molar refractivity (Wildman–Crippen MR) is 126 cm³/mol. The molecule has 0 unspecified atom stereocenters. The minimum Gasteiger partial charge on any atom is -0.380 e. The van der Waals surface area contributed by atoms with Gasteiger partial charge in [0.1, 0.15) is 5.82 Å². The van der Waals surface area contributed by atoms with Crippen molar-refractivity contribution in [2.24, 2.45) is 5.92 Å². The first-order valence-corrected chi connectivity index (χ1v) is 11.9. The summed E-state index contributed by atoms with van der Waals surface area (Å²) in [7, 11) is 2.16. The molecule has 0 aromatic carbocycles. The van der Waals surface area contributed by atoms with Crippen molar-refractivity contribution >= 4 is 39.3 Å². The van der Waals surface area contributed by atoms with Crippen LogP contribution in [0.2, 0.25) is 0 Å². The van der Waals surface area contributed by atoms with E-state index in [2.05, 4.69) is 64.7 Å². The van der Waals surface area contributed by atoms with E-state index in [1.54, 1.807) is 6.20 Å². The average Bonchev–Trinajstić information content (AvgIpc) is 3.09. The summed E-state index contributed by atoms with van der Waals surface area (Å²) in [5.74, 6) is 1.31. The summed E-state index contributed by atoms with van der Waals surface area (Å²) in [6.07, 6.45) is 6.79. The summed E-state index contributed by atoms with van der Waals surface area (Å²) in [4.78, 5) is 23.2. The number of hydrogen-bond acceptors (Lipinski definition) is 8. The number of amides is 1. The Hall–Kier alpha value is -2.24. The largest absolute Gasteiger partial charge is 0.380 e. The van der Waals surface area contributed by atoms with Crippen molar-refractivity contribution < 1.29 is 9.53 Å². The number of carbonyl (C=O) groups excluding carboxylic acids is 1. The number of halogens is 1. The van der Waals surface area contributed by atoms with E-state index in [1.807, 2.05) is 6.92 Å². The monoisotopic (exact) mass is 506 g/mol. The van der Waals surface area contributed by atoms with Crippen LogP contribution in [0.1, 0.15) is 31.0 Å². The van der Waals surface area contributed by atoms with E-state index in [9.17, 15) is 4.79 Å². The number of piperidine rings is 1. The first-order valence-electron chi connectivity index (χ1n) is 11.1. The first-order chi connectivity index (χ1) is 15.5. The second kappa shape index (κ2) is 10.6. The van der Waals surface area contributed by atoms with Crippen LogP contribution in [-0.2, 0) is 9.53 Å². The lowest BCUT2D eigenvalue weighted by atomic mass is 10.1. The highest BCUT2D eigenvalue weighted by molar-refractivity contribution is 9.10. The molecular weight excluding hydrogens is 476 g/mol. The Morgan fingerprint density at radius 1 is 1.28 bits per heavy atom. The van der Waals surface area contributed by atoms with E-state index in [4.69, 9.17) is 9.84 Å². The number of ether oxygens (including phenoxy) is 1. The molecule has 3 N–H and O–H groups in total. The van der Waals surface area contributed by atoms with Gasteiger partial charge in [0.25, 0.3) is 0 Å². The number of hydrogen-bond donors (Lipinski definition) is 3. The average molecular weight is 507 g/mol. The third-order valence-electron chi connectivity index (χ3n) is 5.92. The Labute approximate surface area is 196 Å². The van der Waals surface area contributed by atoms with Crippen molar-refractivity contribution in [1.29, 1.82) is 0 Å². The molecule has 4 heterocycles. The molecule has 10 nitrogen and oxygen atoms in total. The summed E-state index contributed by atoms with van der Waals surface area (Å²) in [5.41, 5.74) is 1.84. The molecule has 1 amide bonds. The van der Waals surface area contributed by atoms with Gasteiger partial charge in [0, 0.05) is 25.5 Å². The maximum absolute atomic E-state index is 11.8. The molecule has 4 rings (SSSR count). The third kappa shape index (κ3) is 5.76. The molecule has 11 heteroatoms. The molecule has 32 heavy (non-hydrogen) atoms. The van der Waals surface area contributed by atoms with Crippen LogP contribution in [0.25, 0.3) is 0 Å². The fourth-order valence-corrected chi connectivity index (χ4v) is 4.09. The number of anilines is 3. The Bertz CT molecular complexity index is 925. The minimum absolute atomic E-state index is 0.0138. The van der Waals surface area contributed by atoms with Crippen molar-refractivity contribution in [2.45, 2.75) is 32.2 Å². The zero-order valence-electron chi connectivity index (χ0n) is 18.6. The Morgan fingerprint density at radius 2 is 2.06 bits per heavy atom. The normalized spacial score (nSPS) is 17.7. The number of rotatable bonds is 9. The zero-order valence-corrected chi connectivity index (χ0v) is 20.2. The highest BCUT2D eigenvalue weighted by Crippen LogP contribution is 2.26. The predicted octanol–water partition coefficient (Wildman–Crippen LogP) is 2.32. The van der Waals surface area contributed by atoms with Gasteiger partial charge in [0.15, 0.2) is 0 Å². The molecule has 174 valence electrons. The maximum Gasteiger partial charge on any atom is 0.229 e. The molecule has 2 saturated heterocycles. The van der Waals surface area contributed by atoms with E-state index in [1.165, 1.54) is 0 Å². The van der Waals surface area contributed by atoms with Crippen LogP contribution in [0.4, 0.5) is 17.5 Å². The van der Waals surface area contributed by atoms with Crippen molar-refractivity contribution in [3.8, 4) is 0 Å². The van der Waals surface area contributed by atoms with E-state index in [0.717, 1.165) is 48.2 Å². The standard InChI is InChI=1S/C21H31BrN8O2/c1-14-18(11-30(28-14)16-4-8-29(2)9-5-16)26-21-25-10-17(22)19(27-21)23-6-3-7-24-20(31)15-12-32-13-15/h10-11,15-16H,3-9,12-13H2,1-2H3,(H,24,31)(H2,23,25,26,27). The van der Waals surface area contributed by atoms with Crippen LogP contribution in [0, 0.1) is 12.8 Å². The lowest BCUT2D eigenvalue weighted by molar-refractivity contribution is -0.138. The van der Waals surface area contributed by atoms with Crippen LogP contribution >= 0.6 is 15.9 Å². The Morgan fingerprint density at radius 3 is 2.78 bits per heavy atom. The molecule has 0 atom stereocenters. The first kappa shape index (κ1) is 22.9.